The van der Waals surface area contributed by atoms with Crippen LogP contribution in [0, 0.1) is 5.92 Å². The van der Waals surface area contributed by atoms with Crippen LogP contribution >= 0.6 is 0 Å². The molecule has 8 heteroatoms. The van der Waals surface area contributed by atoms with Crippen LogP contribution in [0.5, 0.6) is 0 Å². The van der Waals surface area contributed by atoms with Crippen molar-refractivity contribution in [2.45, 2.75) is 37.3 Å². The van der Waals surface area contributed by atoms with Crippen LogP contribution in [0.3, 0.4) is 0 Å². The fraction of sp³-hybridized carbons (Fsp3) is 0.423. The van der Waals surface area contributed by atoms with Gasteiger partial charge in [-0.2, -0.15) is 0 Å². The molecule has 3 unspecified atom stereocenters. The van der Waals surface area contributed by atoms with Crippen molar-refractivity contribution in [2.24, 2.45) is 5.92 Å². The molecule has 8 nitrogen and oxygen atoms in total. The van der Waals surface area contributed by atoms with Crippen LogP contribution < -0.4 is 5.32 Å². The van der Waals surface area contributed by atoms with Crippen molar-refractivity contribution in [2.75, 3.05) is 26.4 Å². The minimum absolute atomic E-state index is 0.0677. The molecule has 0 bridgehead atoms. The number of nitrogens with one attached hydrogen (secondary N) is 1. The highest BCUT2D eigenvalue weighted by Crippen LogP contribution is 2.44. The molecule has 2 aromatic rings. The molecular formula is C26H28N2O6. The third kappa shape index (κ3) is 4.25. The van der Waals surface area contributed by atoms with E-state index >= 15 is 0 Å². The SMILES string of the molecule is O=C(O)CC(NC(=O)OCC1c2ccccc2-c2ccccc21)C(=O)N1CCCC2COCC21. The third-order valence-corrected chi connectivity index (χ3v) is 7.13. The average Bonchev–Trinajstić information content (AvgIpc) is 3.44. The van der Waals surface area contributed by atoms with Gasteiger partial charge >= 0.3 is 12.1 Å². The minimum Gasteiger partial charge on any atom is -0.481 e. The highest BCUT2D eigenvalue weighted by Gasteiger charge is 2.41. The first kappa shape index (κ1) is 22.4. The third-order valence-electron chi connectivity index (χ3n) is 7.13. The van der Waals surface area contributed by atoms with Gasteiger partial charge in [0.2, 0.25) is 5.91 Å². The molecule has 0 saturated carbocycles. The van der Waals surface area contributed by atoms with Gasteiger partial charge in [-0.1, -0.05) is 48.5 Å². The van der Waals surface area contributed by atoms with Gasteiger partial charge in [0.15, 0.2) is 0 Å². The molecule has 1 aliphatic carbocycles. The minimum atomic E-state index is -1.19. The van der Waals surface area contributed by atoms with Crippen molar-refractivity contribution in [3.05, 3.63) is 59.7 Å². The fourth-order valence-electron chi connectivity index (χ4n) is 5.53. The zero-order chi connectivity index (χ0) is 23.7. The molecule has 2 aliphatic heterocycles. The second-order valence-corrected chi connectivity index (χ2v) is 9.16. The summed E-state index contributed by atoms with van der Waals surface area (Å²) in [6.07, 6.45) is 0.522. The van der Waals surface area contributed by atoms with E-state index in [0.717, 1.165) is 35.1 Å². The number of carbonyl (C=O) groups is 3. The summed E-state index contributed by atoms with van der Waals surface area (Å²) < 4.78 is 11.1. The molecule has 0 radical (unpaired) electrons. The number of aliphatic carboxylic acids is 1. The second-order valence-electron chi connectivity index (χ2n) is 9.16. The van der Waals surface area contributed by atoms with Gasteiger partial charge in [0.25, 0.3) is 0 Å². The van der Waals surface area contributed by atoms with Crippen LogP contribution in [-0.2, 0) is 19.1 Å². The molecule has 2 aromatic carbocycles. The maximum Gasteiger partial charge on any atom is 0.407 e. The van der Waals surface area contributed by atoms with Crippen molar-refractivity contribution < 1.29 is 29.0 Å². The molecule has 0 spiro atoms. The molecular weight excluding hydrogens is 436 g/mol. The predicted octanol–water partition coefficient (Wildman–Crippen LogP) is 3.01. The molecule has 2 fully saturated rings. The number of benzene rings is 2. The van der Waals surface area contributed by atoms with Crippen LogP contribution in [-0.4, -0.2) is 66.4 Å². The molecule has 2 saturated heterocycles. The summed E-state index contributed by atoms with van der Waals surface area (Å²) in [6.45, 7) is 1.68. The number of ether oxygens (including phenoxy) is 2. The van der Waals surface area contributed by atoms with Gasteiger partial charge in [-0.25, -0.2) is 4.79 Å². The standard InChI is InChI=1S/C26H28N2O6/c29-24(30)12-22(25(31)28-11-5-6-16-13-33-15-23(16)28)27-26(32)34-14-21-19-9-3-1-7-17(19)18-8-2-4-10-20(18)21/h1-4,7-10,16,21-23H,5-6,11-15H2,(H,27,32)(H,29,30). The summed E-state index contributed by atoms with van der Waals surface area (Å²) in [5.74, 6) is -1.41. The van der Waals surface area contributed by atoms with Crippen molar-refractivity contribution >= 4 is 18.0 Å². The topological polar surface area (TPSA) is 105 Å². The molecule has 5 rings (SSSR count). The summed E-state index contributed by atoms with van der Waals surface area (Å²) >= 11 is 0. The monoisotopic (exact) mass is 464 g/mol. The van der Waals surface area contributed by atoms with Crippen molar-refractivity contribution in [1.82, 2.24) is 10.2 Å². The molecule has 34 heavy (non-hydrogen) atoms. The summed E-state index contributed by atoms with van der Waals surface area (Å²) in [5.41, 5.74) is 4.39. The van der Waals surface area contributed by atoms with E-state index in [1.165, 1.54) is 0 Å². The van der Waals surface area contributed by atoms with Gasteiger partial charge in [-0.15, -0.1) is 0 Å². The number of nitrogens with zero attached hydrogens (tertiary/aromatic N) is 1. The van der Waals surface area contributed by atoms with Crippen LogP contribution in [0.2, 0.25) is 0 Å². The lowest BCUT2D eigenvalue weighted by molar-refractivity contribution is -0.144. The number of fused-ring (bicyclic) bond motifs is 4. The molecule has 2 N–H and O–H groups in total. The van der Waals surface area contributed by atoms with E-state index in [9.17, 15) is 19.5 Å². The summed E-state index contributed by atoms with van der Waals surface area (Å²) in [4.78, 5) is 39.1. The smallest absolute Gasteiger partial charge is 0.407 e. The molecule has 2 heterocycles. The Morgan fingerprint density at radius 2 is 1.74 bits per heavy atom. The molecule has 178 valence electrons. The Balaban J connectivity index is 1.27. The lowest BCUT2D eigenvalue weighted by Gasteiger charge is -2.38. The Labute approximate surface area is 197 Å². The number of likely N-dealkylation sites (tertiary alicyclic amines) is 1. The first-order valence-corrected chi connectivity index (χ1v) is 11.7. The number of rotatable bonds is 6. The lowest BCUT2D eigenvalue weighted by Crippen LogP contribution is -2.56. The summed E-state index contributed by atoms with van der Waals surface area (Å²) in [5, 5.41) is 11.9. The number of hydrogen-bond acceptors (Lipinski definition) is 5. The molecule has 0 aromatic heterocycles. The number of carboxylic acids is 1. The van der Waals surface area contributed by atoms with Crippen LogP contribution in [0.15, 0.2) is 48.5 Å². The number of carbonyl (C=O) groups excluding carboxylic acids is 2. The van der Waals surface area contributed by atoms with E-state index in [4.69, 9.17) is 9.47 Å². The van der Waals surface area contributed by atoms with Crippen molar-refractivity contribution in [3.8, 4) is 11.1 Å². The van der Waals surface area contributed by atoms with E-state index in [-0.39, 0.29) is 24.5 Å². The number of hydrogen-bond donors (Lipinski definition) is 2. The maximum atomic E-state index is 13.2. The number of carboxylic acid groups (broad SMARTS) is 1. The summed E-state index contributed by atoms with van der Waals surface area (Å²) in [6, 6.07) is 14.8. The quantitative estimate of drug-likeness (QED) is 0.681. The molecule has 3 aliphatic rings. The van der Waals surface area contributed by atoms with Gasteiger partial charge in [0, 0.05) is 18.4 Å². The Kier molecular flexibility index (Phi) is 6.24. The van der Waals surface area contributed by atoms with Gasteiger partial charge in [0.1, 0.15) is 12.6 Å². The largest absolute Gasteiger partial charge is 0.481 e. The molecule has 2 amide bonds. The maximum absolute atomic E-state index is 13.2. The number of amides is 2. The van der Waals surface area contributed by atoms with Crippen LogP contribution in [0.4, 0.5) is 4.79 Å². The lowest BCUT2D eigenvalue weighted by atomic mass is 9.91. The fourth-order valence-corrected chi connectivity index (χ4v) is 5.53. The Bertz CT molecular complexity index is 1060. The number of piperidine rings is 1. The van der Waals surface area contributed by atoms with Gasteiger partial charge < -0.3 is 24.8 Å². The summed E-state index contributed by atoms with van der Waals surface area (Å²) in [7, 11) is 0. The van der Waals surface area contributed by atoms with E-state index < -0.39 is 30.4 Å². The zero-order valence-electron chi connectivity index (χ0n) is 18.8. The average molecular weight is 465 g/mol. The first-order valence-electron chi connectivity index (χ1n) is 11.7. The van der Waals surface area contributed by atoms with E-state index in [0.29, 0.717) is 19.8 Å². The van der Waals surface area contributed by atoms with E-state index in [1.807, 2.05) is 36.4 Å². The Morgan fingerprint density at radius 1 is 1.06 bits per heavy atom. The Hall–Kier alpha value is -3.39. The van der Waals surface area contributed by atoms with E-state index in [2.05, 4.69) is 17.4 Å². The Morgan fingerprint density at radius 3 is 2.41 bits per heavy atom. The van der Waals surface area contributed by atoms with Crippen molar-refractivity contribution in [1.29, 1.82) is 0 Å². The van der Waals surface area contributed by atoms with Gasteiger partial charge in [-0.3, -0.25) is 9.59 Å². The van der Waals surface area contributed by atoms with Crippen LogP contribution in [0.1, 0.15) is 36.3 Å². The number of alkyl carbamates (subject to hydrolysis) is 1. The highest BCUT2D eigenvalue weighted by atomic mass is 16.5. The second kappa shape index (κ2) is 9.46. The van der Waals surface area contributed by atoms with Crippen LogP contribution in [0.25, 0.3) is 11.1 Å². The highest BCUT2D eigenvalue weighted by molar-refractivity contribution is 5.89. The van der Waals surface area contributed by atoms with Crippen molar-refractivity contribution in [3.63, 3.8) is 0 Å². The van der Waals surface area contributed by atoms with Gasteiger partial charge in [-0.05, 0) is 35.1 Å². The molecule has 3 atom stereocenters. The normalized spacial score (nSPS) is 21.8. The predicted molar refractivity (Wildman–Crippen MR) is 123 cm³/mol. The first-order chi connectivity index (χ1) is 16.5. The van der Waals surface area contributed by atoms with E-state index in [1.54, 1.807) is 4.90 Å². The zero-order valence-corrected chi connectivity index (χ0v) is 18.8. The van der Waals surface area contributed by atoms with Gasteiger partial charge in [0.05, 0.1) is 25.7 Å².